The number of allylic oxidation sites excluding steroid dienone is 1. The number of nitrogens with zero attached hydrogens (tertiary/aromatic N) is 4. The van der Waals surface area contributed by atoms with Crippen LogP contribution in [0.5, 0.6) is 5.88 Å². The molecule has 1 saturated heterocycles. The van der Waals surface area contributed by atoms with E-state index in [1.807, 2.05) is 30.4 Å². The third kappa shape index (κ3) is 8.35. The molecule has 3 saturated carbocycles. The Morgan fingerprint density at radius 3 is 2.46 bits per heavy atom. The highest BCUT2D eigenvalue weighted by Gasteiger charge is 2.62. The van der Waals surface area contributed by atoms with Crippen LogP contribution in [0.15, 0.2) is 42.6 Å². The van der Waals surface area contributed by atoms with Gasteiger partial charge in [-0.25, -0.2) is 28.2 Å². The lowest BCUT2D eigenvalue weighted by Crippen LogP contribution is -2.58. The van der Waals surface area contributed by atoms with Crippen LogP contribution in [0.4, 0.5) is 4.79 Å². The van der Waals surface area contributed by atoms with E-state index in [-0.39, 0.29) is 31.4 Å². The van der Waals surface area contributed by atoms with Crippen molar-refractivity contribution < 1.29 is 37.1 Å². The molecule has 1 unspecified atom stereocenters. The minimum atomic E-state index is -3.91. The number of ether oxygens (including phenoxy) is 2. The van der Waals surface area contributed by atoms with Crippen molar-refractivity contribution in [3.63, 3.8) is 0 Å². The van der Waals surface area contributed by atoms with Gasteiger partial charge < -0.3 is 25.0 Å². The van der Waals surface area contributed by atoms with Gasteiger partial charge in [-0.2, -0.15) is 0 Å². The quantitative estimate of drug-likeness (QED) is 0.264. The fraction of sp³-hybridized carbons (Fsp3) is 0.553. The molecular weight excluding hydrogens is 782 g/mol. The molecule has 5 atom stereocenters. The number of thiazole rings is 1. The third-order valence-electron chi connectivity index (χ3n) is 11.2. The topological polar surface area (TPSA) is 199 Å². The highest BCUT2D eigenvalue weighted by Crippen LogP contribution is 2.46. The molecule has 2 aromatic heterocycles. The van der Waals surface area contributed by atoms with Crippen LogP contribution in [0.25, 0.3) is 21.7 Å². The summed E-state index contributed by atoms with van der Waals surface area (Å²) in [7, 11) is -3.91. The van der Waals surface area contributed by atoms with Gasteiger partial charge in [0.25, 0.3) is 5.91 Å². The van der Waals surface area contributed by atoms with E-state index in [4.69, 9.17) is 31.0 Å². The van der Waals surface area contributed by atoms with Gasteiger partial charge in [0.05, 0.1) is 29.0 Å². The Bertz CT molecular complexity index is 2160. The Kier molecular flexibility index (Phi) is 10.9. The van der Waals surface area contributed by atoms with Crippen LogP contribution in [-0.2, 0) is 29.1 Å². The number of amides is 4. The molecule has 0 bridgehead atoms. The number of aromatic nitrogens is 3. The summed E-state index contributed by atoms with van der Waals surface area (Å²) in [5.41, 5.74) is -0.0149. The number of alkyl carbamates (subject to hydrolysis) is 1. The van der Waals surface area contributed by atoms with Crippen molar-refractivity contribution in [2.45, 2.75) is 119 Å². The maximum absolute atomic E-state index is 14.6. The zero-order valence-electron chi connectivity index (χ0n) is 30.7. The largest absolute Gasteiger partial charge is 0.471 e. The minimum Gasteiger partial charge on any atom is -0.471 e. The SMILES string of the molecule is O=C(N[C@@H]1CCCCC/C=C/C2C[C@@]2(C(=O)NS(=O)(=O)C2CC2)NC(=O)[C@@H]2C[C@@H](Oc3nc4ccccc4nc3-c3ncc(Cl)s3)CN2C1=O)OC1CCCC1. The summed E-state index contributed by atoms with van der Waals surface area (Å²) in [4.78, 5) is 71.4. The van der Waals surface area contributed by atoms with Crippen LogP contribution in [0.1, 0.15) is 83.5 Å². The molecule has 2 aliphatic heterocycles. The maximum atomic E-state index is 14.6. The van der Waals surface area contributed by atoms with Crippen molar-refractivity contribution in [2.24, 2.45) is 5.92 Å². The van der Waals surface area contributed by atoms with E-state index in [0.29, 0.717) is 58.2 Å². The molecule has 4 heterocycles. The average molecular weight is 826 g/mol. The number of hydrogen-bond acceptors (Lipinski definition) is 12. The van der Waals surface area contributed by atoms with E-state index < -0.39 is 68.7 Å². The van der Waals surface area contributed by atoms with Gasteiger partial charge in [0.15, 0.2) is 5.69 Å². The van der Waals surface area contributed by atoms with Crippen molar-refractivity contribution in [1.29, 1.82) is 0 Å². The van der Waals surface area contributed by atoms with Gasteiger partial charge >= 0.3 is 6.09 Å². The lowest BCUT2D eigenvalue weighted by atomic mass is 10.0. The van der Waals surface area contributed by atoms with E-state index in [0.717, 1.165) is 38.5 Å². The van der Waals surface area contributed by atoms with Crippen LogP contribution in [0, 0.1) is 5.92 Å². The van der Waals surface area contributed by atoms with Crippen molar-refractivity contribution in [3.05, 3.63) is 47.0 Å². The Labute approximate surface area is 333 Å². The van der Waals surface area contributed by atoms with Gasteiger partial charge in [-0.05, 0) is 76.3 Å². The first-order chi connectivity index (χ1) is 27.0. The first-order valence-corrected chi connectivity index (χ1v) is 22.1. The monoisotopic (exact) mass is 825 g/mol. The van der Waals surface area contributed by atoms with Gasteiger partial charge in [-0.1, -0.05) is 48.7 Å². The summed E-state index contributed by atoms with van der Waals surface area (Å²) in [5, 5.41) is 5.52. The Morgan fingerprint density at radius 2 is 1.73 bits per heavy atom. The van der Waals surface area contributed by atoms with E-state index >= 15 is 0 Å². The van der Waals surface area contributed by atoms with Crippen molar-refractivity contribution in [3.8, 4) is 16.6 Å². The number of halogens is 1. The molecule has 4 amide bonds. The smallest absolute Gasteiger partial charge is 0.408 e. The van der Waals surface area contributed by atoms with Crippen molar-refractivity contribution >= 4 is 67.8 Å². The van der Waals surface area contributed by atoms with Crippen LogP contribution < -0.4 is 20.1 Å². The molecule has 0 radical (unpaired) electrons. The van der Waals surface area contributed by atoms with Crippen LogP contribution >= 0.6 is 22.9 Å². The predicted octanol–water partition coefficient (Wildman–Crippen LogP) is 4.80. The molecule has 3 aromatic rings. The average Bonchev–Trinajstić information content (AvgIpc) is 3.96. The standard InChI is InChI=1S/C38H44ClN7O8S2/c39-30-20-40-34(55-30)31-33(42-27-14-9-8-13-26(27)41-31)53-24-18-29-32(47)44-38(36(49)45-56(51,52)25-16-17-25)19-22(38)10-4-2-1-3-5-15-28(35(48)46(29)21-24)43-37(50)54-23-11-6-7-12-23/h4,8-10,13-14,20,22-25,28-29H,1-3,5-7,11-12,15-19,21H2,(H,43,50)(H,44,47)(H,45,49)/b10-4+/t22?,24-,28-,29+,38-/m1/s1. The summed E-state index contributed by atoms with van der Waals surface area (Å²) in [5.74, 6) is -2.24. The number of para-hydroxylation sites is 2. The minimum absolute atomic E-state index is 0.00195. The van der Waals surface area contributed by atoms with Crippen LogP contribution in [-0.4, -0.2) is 93.7 Å². The zero-order chi connectivity index (χ0) is 39.0. The molecule has 56 heavy (non-hydrogen) atoms. The van der Waals surface area contributed by atoms with Gasteiger partial charge in [0.1, 0.15) is 39.2 Å². The molecule has 3 aliphatic carbocycles. The van der Waals surface area contributed by atoms with Crippen LogP contribution in [0.2, 0.25) is 4.34 Å². The first-order valence-electron chi connectivity index (χ1n) is 19.4. The summed E-state index contributed by atoms with van der Waals surface area (Å²) >= 11 is 7.45. The number of carbonyl (C=O) groups is 4. The van der Waals surface area contributed by atoms with Crippen LogP contribution in [0.3, 0.4) is 0 Å². The number of nitrogens with one attached hydrogen (secondary N) is 3. The number of carbonyl (C=O) groups excluding carboxylic acids is 4. The Balaban J connectivity index is 1.11. The number of sulfonamides is 1. The summed E-state index contributed by atoms with van der Waals surface area (Å²) in [6, 6.07) is 5.12. The van der Waals surface area contributed by atoms with Crippen molar-refractivity contribution in [1.82, 2.24) is 35.2 Å². The molecule has 15 nitrogen and oxygen atoms in total. The van der Waals surface area contributed by atoms with Gasteiger partial charge in [-0.3, -0.25) is 19.1 Å². The lowest BCUT2D eigenvalue weighted by molar-refractivity contribution is -0.141. The predicted molar refractivity (Wildman–Crippen MR) is 207 cm³/mol. The molecule has 4 fully saturated rings. The molecule has 0 spiro atoms. The van der Waals surface area contributed by atoms with E-state index in [2.05, 4.69) is 20.3 Å². The van der Waals surface area contributed by atoms with E-state index in [9.17, 15) is 27.6 Å². The molecule has 298 valence electrons. The summed E-state index contributed by atoms with van der Waals surface area (Å²) < 4.78 is 40.6. The number of fused-ring (bicyclic) bond motifs is 3. The second-order valence-corrected chi connectivity index (χ2v) is 19.0. The van der Waals surface area contributed by atoms with E-state index in [1.165, 1.54) is 22.4 Å². The molecule has 1 aromatic carbocycles. The second-order valence-electron chi connectivity index (χ2n) is 15.3. The maximum Gasteiger partial charge on any atom is 0.408 e. The molecule has 8 rings (SSSR count). The highest BCUT2D eigenvalue weighted by atomic mass is 35.5. The fourth-order valence-electron chi connectivity index (χ4n) is 7.91. The molecular formula is C38H44ClN7O8S2. The highest BCUT2D eigenvalue weighted by molar-refractivity contribution is 7.91. The first kappa shape index (κ1) is 38.5. The van der Waals surface area contributed by atoms with Gasteiger partial charge in [0.2, 0.25) is 27.7 Å². The third-order valence-corrected chi connectivity index (χ3v) is 14.1. The van der Waals surface area contributed by atoms with Gasteiger partial charge in [-0.15, -0.1) is 11.3 Å². The summed E-state index contributed by atoms with van der Waals surface area (Å²) in [6.07, 6.45) is 11.4. The Hall–Kier alpha value is -4.35. The lowest BCUT2D eigenvalue weighted by Gasteiger charge is -2.30. The Morgan fingerprint density at radius 1 is 0.982 bits per heavy atom. The molecule has 5 aliphatic rings. The van der Waals surface area contributed by atoms with Gasteiger partial charge in [0, 0.05) is 12.3 Å². The number of hydrogen-bond donors (Lipinski definition) is 3. The molecule has 18 heteroatoms. The van der Waals surface area contributed by atoms with E-state index in [1.54, 1.807) is 6.07 Å². The number of rotatable bonds is 8. The second kappa shape index (κ2) is 15.9. The van der Waals surface area contributed by atoms with Crippen molar-refractivity contribution in [2.75, 3.05) is 6.54 Å². The zero-order valence-corrected chi connectivity index (χ0v) is 33.0. The number of benzene rings is 1. The summed E-state index contributed by atoms with van der Waals surface area (Å²) in [6.45, 7) is -0.0576. The molecule has 3 N–H and O–H groups in total. The normalized spacial score (nSPS) is 28.0. The fourth-order valence-corrected chi connectivity index (χ4v) is 10.2.